The molecule has 0 heterocycles. The summed E-state index contributed by atoms with van der Waals surface area (Å²) in [4.78, 5) is 0. The van der Waals surface area contributed by atoms with Crippen molar-refractivity contribution in [1.82, 2.24) is 5.43 Å². The standard InChI is InChI=1S/C7H11F3N4.ClH/c8-7(9,10)5(4-1-2-4)3-13-14-6(11)12;/h3-5H,1-2H2,(H4,11,12,14);1H/b13-3+;. The molecular weight excluding hydrogens is 233 g/mol. The average molecular weight is 245 g/mol. The number of nitrogens with two attached hydrogens (primary N) is 1. The quantitative estimate of drug-likeness (QED) is 0.400. The molecule has 1 unspecified atom stereocenters. The molecule has 0 amide bonds. The van der Waals surface area contributed by atoms with Crippen LogP contribution in [0.3, 0.4) is 0 Å². The molecule has 0 spiro atoms. The van der Waals surface area contributed by atoms with Crippen LogP contribution in [0.5, 0.6) is 0 Å². The van der Waals surface area contributed by atoms with Crippen molar-refractivity contribution in [3.05, 3.63) is 0 Å². The SMILES string of the molecule is Cl.N=C(N)N/N=C/C(C1CC1)C(F)(F)F. The molecule has 0 radical (unpaired) electrons. The Labute approximate surface area is 91.0 Å². The van der Waals surface area contributed by atoms with Gasteiger partial charge in [-0.25, -0.2) is 5.43 Å². The van der Waals surface area contributed by atoms with E-state index >= 15 is 0 Å². The van der Waals surface area contributed by atoms with Crippen molar-refractivity contribution in [2.24, 2.45) is 22.7 Å². The largest absolute Gasteiger partial charge is 0.396 e. The summed E-state index contributed by atoms with van der Waals surface area (Å²) in [6, 6.07) is 0. The summed E-state index contributed by atoms with van der Waals surface area (Å²) in [6.07, 6.45) is -2.32. The number of alkyl halides is 3. The molecule has 88 valence electrons. The van der Waals surface area contributed by atoms with Gasteiger partial charge < -0.3 is 5.73 Å². The molecule has 15 heavy (non-hydrogen) atoms. The van der Waals surface area contributed by atoms with Crippen LogP contribution in [0.25, 0.3) is 0 Å². The highest BCUT2D eigenvalue weighted by Crippen LogP contribution is 2.43. The number of rotatable bonds is 3. The monoisotopic (exact) mass is 244 g/mol. The van der Waals surface area contributed by atoms with Crippen LogP contribution in [0.15, 0.2) is 5.10 Å². The summed E-state index contributed by atoms with van der Waals surface area (Å²) in [5, 5.41) is 9.94. The van der Waals surface area contributed by atoms with Crippen molar-refractivity contribution >= 4 is 24.6 Å². The van der Waals surface area contributed by atoms with Crippen molar-refractivity contribution in [2.45, 2.75) is 19.0 Å². The zero-order valence-corrected chi connectivity index (χ0v) is 8.53. The maximum absolute atomic E-state index is 12.3. The van der Waals surface area contributed by atoms with Gasteiger partial charge in [0.2, 0.25) is 5.96 Å². The summed E-state index contributed by atoms with van der Waals surface area (Å²) in [5.41, 5.74) is 6.82. The van der Waals surface area contributed by atoms with Crippen LogP contribution in [-0.2, 0) is 0 Å². The van der Waals surface area contributed by atoms with Crippen molar-refractivity contribution in [1.29, 1.82) is 5.41 Å². The van der Waals surface area contributed by atoms with Gasteiger partial charge in [0.05, 0.1) is 5.92 Å². The molecule has 4 nitrogen and oxygen atoms in total. The summed E-state index contributed by atoms with van der Waals surface area (Å²) >= 11 is 0. The molecule has 1 fully saturated rings. The molecule has 1 saturated carbocycles. The normalized spacial score (nSPS) is 18.3. The van der Waals surface area contributed by atoms with E-state index in [0.717, 1.165) is 6.21 Å². The van der Waals surface area contributed by atoms with Gasteiger partial charge in [0.1, 0.15) is 0 Å². The number of hydrazone groups is 1. The zero-order valence-electron chi connectivity index (χ0n) is 7.71. The first-order valence-corrected chi connectivity index (χ1v) is 4.11. The molecule has 4 N–H and O–H groups in total. The Morgan fingerprint density at radius 1 is 1.53 bits per heavy atom. The Kier molecular flexibility index (Phi) is 4.86. The third kappa shape index (κ3) is 4.87. The Balaban J connectivity index is 0.00000196. The maximum Gasteiger partial charge on any atom is 0.396 e. The highest BCUT2D eigenvalue weighted by Gasteiger charge is 2.47. The first kappa shape index (κ1) is 14.0. The molecule has 1 aliphatic carbocycles. The van der Waals surface area contributed by atoms with Crippen molar-refractivity contribution in [3.8, 4) is 0 Å². The Hall–Kier alpha value is -0.980. The number of hydrogen-bond acceptors (Lipinski definition) is 2. The summed E-state index contributed by atoms with van der Waals surface area (Å²) in [5.74, 6) is -2.35. The van der Waals surface area contributed by atoms with Crippen molar-refractivity contribution < 1.29 is 13.2 Å². The smallest absolute Gasteiger partial charge is 0.369 e. The lowest BCUT2D eigenvalue weighted by Crippen LogP contribution is -2.30. The van der Waals surface area contributed by atoms with Crippen molar-refractivity contribution in [3.63, 3.8) is 0 Å². The van der Waals surface area contributed by atoms with E-state index in [9.17, 15) is 13.2 Å². The summed E-state index contributed by atoms with van der Waals surface area (Å²) in [6.45, 7) is 0. The third-order valence-corrected chi connectivity index (χ3v) is 1.93. The van der Waals surface area contributed by atoms with Gasteiger partial charge in [-0.3, -0.25) is 5.41 Å². The van der Waals surface area contributed by atoms with Gasteiger partial charge in [0, 0.05) is 6.21 Å². The molecule has 0 aromatic rings. The molecule has 0 aliphatic heterocycles. The molecule has 1 aliphatic rings. The Bertz CT molecular complexity index is 249. The minimum Gasteiger partial charge on any atom is -0.369 e. The lowest BCUT2D eigenvalue weighted by Gasteiger charge is -2.14. The van der Waals surface area contributed by atoms with Crippen LogP contribution in [0.4, 0.5) is 13.2 Å². The Morgan fingerprint density at radius 3 is 2.40 bits per heavy atom. The van der Waals surface area contributed by atoms with E-state index in [0.29, 0.717) is 12.8 Å². The van der Waals surface area contributed by atoms with Gasteiger partial charge in [-0.15, -0.1) is 12.4 Å². The molecule has 1 atom stereocenters. The topological polar surface area (TPSA) is 74.3 Å². The number of nitrogens with one attached hydrogen (secondary N) is 2. The summed E-state index contributed by atoms with van der Waals surface area (Å²) in [7, 11) is 0. The van der Waals surface area contributed by atoms with Gasteiger partial charge in [0.25, 0.3) is 0 Å². The lowest BCUT2D eigenvalue weighted by molar-refractivity contribution is -0.158. The first-order valence-electron chi connectivity index (χ1n) is 4.11. The number of guanidine groups is 1. The van der Waals surface area contributed by atoms with Crippen LogP contribution in [-0.4, -0.2) is 18.4 Å². The molecule has 0 aromatic carbocycles. The fraction of sp³-hybridized carbons (Fsp3) is 0.714. The third-order valence-electron chi connectivity index (χ3n) is 1.93. The van der Waals surface area contributed by atoms with Gasteiger partial charge >= 0.3 is 6.18 Å². The van der Waals surface area contributed by atoms with Crippen LogP contribution < -0.4 is 11.2 Å². The number of halogens is 4. The van der Waals surface area contributed by atoms with E-state index in [-0.39, 0.29) is 18.3 Å². The van der Waals surface area contributed by atoms with E-state index in [2.05, 4.69) is 5.10 Å². The molecule has 1 rings (SSSR count). The number of hydrogen-bond donors (Lipinski definition) is 3. The fourth-order valence-corrected chi connectivity index (χ4v) is 1.12. The fourth-order valence-electron chi connectivity index (χ4n) is 1.12. The van der Waals surface area contributed by atoms with E-state index in [1.807, 2.05) is 5.43 Å². The molecule has 0 saturated heterocycles. The zero-order chi connectivity index (χ0) is 10.8. The van der Waals surface area contributed by atoms with E-state index in [1.54, 1.807) is 0 Å². The summed E-state index contributed by atoms with van der Waals surface area (Å²) < 4.78 is 37.0. The Morgan fingerprint density at radius 2 is 2.07 bits per heavy atom. The average Bonchev–Trinajstić information content (AvgIpc) is 2.77. The molecule has 0 bridgehead atoms. The van der Waals surface area contributed by atoms with Crippen LogP contribution >= 0.6 is 12.4 Å². The second kappa shape index (κ2) is 5.20. The lowest BCUT2D eigenvalue weighted by atomic mass is 10.1. The predicted octanol–water partition coefficient (Wildman–Crippen LogP) is 1.47. The van der Waals surface area contributed by atoms with Crippen molar-refractivity contribution in [2.75, 3.05) is 0 Å². The maximum atomic E-state index is 12.3. The van der Waals surface area contributed by atoms with E-state index in [4.69, 9.17) is 11.1 Å². The van der Waals surface area contributed by atoms with Gasteiger partial charge in [-0.2, -0.15) is 18.3 Å². The van der Waals surface area contributed by atoms with Crippen LogP contribution in [0.2, 0.25) is 0 Å². The predicted molar refractivity (Wildman–Crippen MR) is 53.1 cm³/mol. The molecule has 8 heteroatoms. The second-order valence-electron chi connectivity index (χ2n) is 3.21. The van der Waals surface area contributed by atoms with Crippen LogP contribution in [0, 0.1) is 17.2 Å². The van der Waals surface area contributed by atoms with Gasteiger partial charge in [-0.1, -0.05) is 0 Å². The second-order valence-corrected chi connectivity index (χ2v) is 3.21. The van der Waals surface area contributed by atoms with Gasteiger partial charge in [-0.05, 0) is 18.8 Å². The highest BCUT2D eigenvalue weighted by molar-refractivity contribution is 5.85. The first-order chi connectivity index (χ1) is 6.41. The van der Waals surface area contributed by atoms with Crippen LogP contribution in [0.1, 0.15) is 12.8 Å². The van der Waals surface area contributed by atoms with E-state index < -0.39 is 18.1 Å². The minimum atomic E-state index is -4.26. The highest BCUT2D eigenvalue weighted by atomic mass is 35.5. The molecular formula is C7H12ClF3N4. The number of nitrogens with zero attached hydrogens (tertiary/aromatic N) is 1. The minimum absolute atomic E-state index is 0. The van der Waals surface area contributed by atoms with Gasteiger partial charge in [0.15, 0.2) is 0 Å². The molecule has 0 aromatic heterocycles. The van der Waals surface area contributed by atoms with E-state index in [1.165, 1.54) is 0 Å².